The first-order valence-corrected chi connectivity index (χ1v) is 8.66. The van der Waals surface area contributed by atoms with E-state index in [1.54, 1.807) is 0 Å². The van der Waals surface area contributed by atoms with Crippen LogP contribution >= 0.6 is 0 Å². The fraction of sp³-hybridized carbons (Fsp3) is 0.684. The summed E-state index contributed by atoms with van der Waals surface area (Å²) in [5.41, 5.74) is 0. The second kappa shape index (κ2) is 12.2. The molecule has 1 atom stereocenters. The van der Waals surface area contributed by atoms with Crippen LogP contribution in [0.4, 0.5) is 0 Å². The topological polar surface area (TPSA) is 43.4 Å². The average Bonchev–Trinajstić information content (AvgIpc) is 2.53. The number of carbonyl (C=O) groups excluding carboxylic acids is 2. The zero-order valence-electron chi connectivity index (χ0n) is 13.9. The molecule has 0 fully saturated rings. The minimum Gasteiger partial charge on any atom is -0.468 e. The molecule has 0 aromatic rings. The number of rotatable bonds is 1. The molecule has 3 nitrogen and oxygen atoms in total. The molecule has 1 aliphatic carbocycles. The van der Waals surface area contributed by atoms with Gasteiger partial charge in [-0.3, -0.25) is 9.59 Å². The number of methoxy groups -OCH3 is 1. The van der Waals surface area contributed by atoms with E-state index in [9.17, 15) is 9.59 Å². The number of Topliss-reactive ketones (excluding diaryl/α,β-unsaturated/α-hetero) is 1. The molecule has 0 aliphatic heterocycles. The number of carbonyl (C=O) groups is 2. The molecular weight excluding hydrogens is 276 g/mol. The lowest BCUT2D eigenvalue weighted by molar-refractivity contribution is -0.149. The van der Waals surface area contributed by atoms with Gasteiger partial charge < -0.3 is 4.74 Å². The van der Waals surface area contributed by atoms with Crippen molar-refractivity contribution in [2.75, 3.05) is 7.11 Å². The van der Waals surface area contributed by atoms with E-state index in [2.05, 4.69) is 24.3 Å². The third kappa shape index (κ3) is 8.16. The van der Waals surface area contributed by atoms with E-state index >= 15 is 0 Å². The highest BCUT2D eigenvalue weighted by Gasteiger charge is 2.25. The number of ketones is 1. The summed E-state index contributed by atoms with van der Waals surface area (Å²) >= 11 is 0. The number of ether oxygens (including phenoxy) is 1. The molecule has 124 valence electrons. The highest BCUT2D eigenvalue weighted by molar-refractivity contribution is 5.98. The van der Waals surface area contributed by atoms with Crippen LogP contribution in [-0.2, 0) is 14.3 Å². The Bertz CT molecular complexity index is 382. The third-order valence-corrected chi connectivity index (χ3v) is 4.12. The second-order valence-electron chi connectivity index (χ2n) is 5.95. The summed E-state index contributed by atoms with van der Waals surface area (Å²) in [5, 5.41) is 0. The van der Waals surface area contributed by atoms with E-state index in [-0.39, 0.29) is 11.8 Å². The van der Waals surface area contributed by atoms with E-state index in [1.165, 1.54) is 32.8 Å². The van der Waals surface area contributed by atoms with E-state index < -0.39 is 5.92 Å². The van der Waals surface area contributed by atoms with Gasteiger partial charge in [0.15, 0.2) is 0 Å². The Morgan fingerprint density at radius 2 is 1.45 bits per heavy atom. The standard InChI is InChI=1S/C19H30O3/c1-22-19(21)17-15-13-11-9-7-5-3-2-4-6-8-10-12-14-16-18(17)20/h8-11,17H,2-7,12-16H2,1H3/b10-8-,11-9-. The largest absolute Gasteiger partial charge is 0.468 e. The quantitative estimate of drug-likeness (QED) is 0.398. The maximum absolute atomic E-state index is 12.2. The molecule has 0 N–H and O–H groups in total. The zero-order valence-corrected chi connectivity index (χ0v) is 13.9. The molecule has 1 aliphatic rings. The zero-order chi connectivity index (χ0) is 16.0. The molecule has 22 heavy (non-hydrogen) atoms. The fourth-order valence-corrected chi connectivity index (χ4v) is 2.73. The van der Waals surface area contributed by atoms with Gasteiger partial charge >= 0.3 is 5.97 Å². The molecule has 1 rings (SSSR count). The lowest BCUT2D eigenvalue weighted by Crippen LogP contribution is -2.25. The van der Waals surface area contributed by atoms with E-state index in [0.29, 0.717) is 12.8 Å². The summed E-state index contributed by atoms with van der Waals surface area (Å²) in [6, 6.07) is 0. The van der Waals surface area contributed by atoms with Gasteiger partial charge in [-0.15, -0.1) is 0 Å². The molecule has 0 saturated carbocycles. The van der Waals surface area contributed by atoms with E-state index in [1.807, 2.05) is 0 Å². The summed E-state index contributed by atoms with van der Waals surface area (Å²) in [6.07, 6.45) is 19.5. The lowest BCUT2D eigenvalue weighted by Gasteiger charge is -2.12. The molecule has 0 radical (unpaired) electrons. The Hall–Kier alpha value is -1.38. The summed E-state index contributed by atoms with van der Waals surface area (Å²) in [5.74, 6) is -0.945. The number of hydrogen-bond donors (Lipinski definition) is 0. The van der Waals surface area contributed by atoms with Gasteiger partial charge in [-0.2, -0.15) is 0 Å². The molecular formula is C19H30O3. The molecule has 0 saturated heterocycles. The Labute approximate surface area is 134 Å². The van der Waals surface area contributed by atoms with Gasteiger partial charge in [0.05, 0.1) is 7.11 Å². The van der Waals surface area contributed by atoms with Gasteiger partial charge in [-0.05, 0) is 51.4 Å². The maximum atomic E-state index is 12.2. The van der Waals surface area contributed by atoms with Crippen LogP contribution in [0.25, 0.3) is 0 Å². The third-order valence-electron chi connectivity index (χ3n) is 4.12. The van der Waals surface area contributed by atoms with Crippen molar-refractivity contribution in [1.82, 2.24) is 0 Å². The highest BCUT2D eigenvalue weighted by atomic mass is 16.5. The molecule has 3 heteroatoms. The van der Waals surface area contributed by atoms with Crippen LogP contribution in [0.15, 0.2) is 24.3 Å². The first kappa shape index (κ1) is 18.7. The molecule has 1 unspecified atom stereocenters. The Kier molecular flexibility index (Phi) is 10.3. The number of esters is 1. The number of allylic oxidation sites excluding steroid dienone is 4. The van der Waals surface area contributed by atoms with Crippen molar-refractivity contribution in [3.8, 4) is 0 Å². The molecule has 0 aromatic heterocycles. The molecule has 0 bridgehead atoms. The Balaban J connectivity index is 2.56. The van der Waals surface area contributed by atoms with Crippen LogP contribution in [0.2, 0.25) is 0 Å². The highest BCUT2D eigenvalue weighted by Crippen LogP contribution is 2.16. The van der Waals surface area contributed by atoms with E-state index in [0.717, 1.165) is 32.1 Å². The minimum atomic E-state index is -0.589. The molecule has 0 spiro atoms. The monoisotopic (exact) mass is 306 g/mol. The van der Waals surface area contributed by atoms with Gasteiger partial charge in [0, 0.05) is 6.42 Å². The van der Waals surface area contributed by atoms with Crippen molar-refractivity contribution in [3.05, 3.63) is 24.3 Å². The van der Waals surface area contributed by atoms with Crippen molar-refractivity contribution in [3.63, 3.8) is 0 Å². The van der Waals surface area contributed by atoms with Gasteiger partial charge in [0.1, 0.15) is 11.7 Å². The van der Waals surface area contributed by atoms with Gasteiger partial charge in [-0.1, -0.05) is 37.1 Å². The van der Waals surface area contributed by atoms with Crippen LogP contribution in [-0.4, -0.2) is 18.9 Å². The van der Waals surface area contributed by atoms with Crippen molar-refractivity contribution in [2.24, 2.45) is 5.92 Å². The minimum absolute atomic E-state index is 0.0259. The van der Waals surface area contributed by atoms with Crippen LogP contribution in [0.1, 0.15) is 70.6 Å². The second-order valence-corrected chi connectivity index (χ2v) is 5.95. The Morgan fingerprint density at radius 1 is 0.909 bits per heavy atom. The van der Waals surface area contributed by atoms with Crippen molar-refractivity contribution in [2.45, 2.75) is 70.6 Å². The number of hydrogen-bond acceptors (Lipinski definition) is 3. The molecule has 0 heterocycles. The van der Waals surface area contributed by atoms with E-state index in [4.69, 9.17) is 4.74 Å². The lowest BCUT2D eigenvalue weighted by atomic mass is 9.94. The summed E-state index contributed by atoms with van der Waals surface area (Å²) in [6.45, 7) is 0. The van der Waals surface area contributed by atoms with Gasteiger partial charge in [0.25, 0.3) is 0 Å². The molecule has 0 amide bonds. The fourth-order valence-electron chi connectivity index (χ4n) is 2.73. The maximum Gasteiger partial charge on any atom is 0.316 e. The van der Waals surface area contributed by atoms with Crippen LogP contribution in [0.3, 0.4) is 0 Å². The van der Waals surface area contributed by atoms with Gasteiger partial charge in [-0.25, -0.2) is 0 Å². The molecule has 0 aromatic carbocycles. The average molecular weight is 306 g/mol. The predicted octanol–water partition coefficient (Wildman–Crippen LogP) is 4.76. The summed E-state index contributed by atoms with van der Waals surface area (Å²) < 4.78 is 4.78. The SMILES string of the molecule is COC(=O)C1CC/C=C\CCCCCC/C=C\CCCC1=O. The summed E-state index contributed by atoms with van der Waals surface area (Å²) in [7, 11) is 1.36. The van der Waals surface area contributed by atoms with Gasteiger partial charge in [0.2, 0.25) is 0 Å². The normalized spacial score (nSPS) is 25.9. The smallest absolute Gasteiger partial charge is 0.316 e. The van der Waals surface area contributed by atoms with Crippen LogP contribution in [0.5, 0.6) is 0 Å². The van der Waals surface area contributed by atoms with Crippen molar-refractivity contribution >= 4 is 11.8 Å². The van der Waals surface area contributed by atoms with Crippen molar-refractivity contribution < 1.29 is 14.3 Å². The first-order valence-electron chi connectivity index (χ1n) is 8.66. The van der Waals surface area contributed by atoms with Crippen molar-refractivity contribution in [1.29, 1.82) is 0 Å². The first-order chi connectivity index (χ1) is 10.8. The Morgan fingerprint density at radius 3 is 2.05 bits per heavy atom. The predicted molar refractivity (Wildman–Crippen MR) is 89.6 cm³/mol. The van der Waals surface area contributed by atoms with Crippen LogP contribution in [0, 0.1) is 5.92 Å². The summed E-state index contributed by atoms with van der Waals surface area (Å²) in [4.78, 5) is 24.0. The van der Waals surface area contributed by atoms with Crippen LogP contribution < -0.4 is 0 Å².